The molecule has 1 unspecified atom stereocenters. The Kier molecular flexibility index (Phi) is 5.28. The van der Waals surface area contributed by atoms with E-state index in [2.05, 4.69) is 15.3 Å². The van der Waals surface area contributed by atoms with Gasteiger partial charge in [0.2, 0.25) is 15.0 Å². The zero-order chi connectivity index (χ0) is 18.7. The van der Waals surface area contributed by atoms with Crippen molar-refractivity contribution >= 4 is 27.0 Å². The van der Waals surface area contributed by atoms with Crippen LogP contribution in [-0.4, -0.2) is 51.1 Å². The van der Waals surface area contributed by atoms with Gasteiger partial charge in [-0.15, -0.1) is 0 Å². The second-order valence-electron chi connectivity index (χ2n) is 5.94. The Hall–Kier alpha value is -2.39. The summed E-state index contributed by atoms with van der Waals surface area (Å²) in [6, 6.07) is 7.59. The molecule has 0 spiro atoms. The minimum atomic E-state index is -3.49. The molecule has 1 aromatic heterocycles. The second-order valence-corrected chi connectivity index (χ2v) is 7.85. The minimum Gasteiger partial charge on any atom is -0.491 e. The number of aromatic nitrogens is 2. The van der Waals surface area contributed by atoms with E-state index in [9.17, 15) is 8.42 Å². The van der Waals surface area contributed by atoms with Gasteiger partial charge in [0.15, 0.2) is 5.82 Å². The maximum absolute atomic E-state index is 11.8. The van der Waals surface area contributed by atoms with Crippen molar-refractivity contribution in [3.8, 4) is 5.75 Å². The Morgan fingerprint density at radius 1 is 1.31 bits per heavy atom. The maximum Gasteiger partial charge on any atom is 0.248 e. The molecule has 1 aliphatic rings. The molecule has 26 heavy (non-hydrogen) atoms. The van der Waals surface area contributed by atoms with Gasteiger partial charge >= 0.3 is 0 Å². The predicted octanol–water partition coefficient (Wildman–Crippen LogP) is 2.21. The highest BCUT2D eigenvalue weighted by Gasteiger charge is 2.32. The van der Waals surface area contributed by atoms with Crippen LogP contribution in [0.4, 0.5) is 17.2 Å². The third-order valence-corrected chi connectivity index (χ3v) is 4.84. The van der Waals surface area contributed by atoms with E-state index >= 15 is 0 Å². The summed E-state index contributed by atoms with van der Waals surface area (Å²) in [5.41, 5.74) is 1.56. The monoisotopic (exact) mass is 378 g/mol. The van der Waals surface area contributed by atoms with Crippen molar-refractivity contribution in [2.45, 2.75) is 24.7 Å². The Balaban J connectivity index is 1.98. The smallest absolute Gasteiger partial charge is 0.248 e. The zero-order valence-corrected chi connectivity index (χ0v) is 15.8. The lowest BCUT2D eigenvalue weighted by Crippen LogP contribution is -2.31. The van der Waals surface area contributed by atoms with Crippen molar-refractivity contribution in [1.82, 2.24) is 9.97 Å². The summed E-state index contributed by atoms with van der Waals surface area (Å²) in [5.74, 6) is 1.25. The first-order valence-electron chi connectivity index (χ1n) is 8.28. The van der Waals surface area contributed by atoms with Gasteiger partial charge in [0.1, 0.15) is 18.5 Å². The molecule has 0 saturated heterocycles. The van der Waals surface area contributed by atoms with Crippen LogP contribution < -0.4 is 15.0 Å². The first kappa shape index (κ1) is 18.4. The van der Waals surface area contributed by atoms with Crippen molar-refractivity contribution in [3.63, 3.8) is 0 Å². The lowest BCUT2D eigenvalue weighted by atomic mass is 10.2. The highest BCUT2D eigenvalue weighted by atomic mass is 32.2. The van der Waals surface area contributed by atoms with Gasteiger partial charge < -0.3 is 19.7 Å². The Bertz CT molecular complexity index is 888. The summed E-state index contributed by atoms with van der Waals surface area (Å²) in [4.78, 5) is 10.2. The van der Waals surface area contributed by atoms with E-state index in [1.54, 1.807) is 7.11 Å². The van der Waals surface area contributed by atoms with Crippen molar-refractivity contribution in [1.29, 1.82) is 0 Å². The van der Waals surface area contributed by atoms with Crippen LogP contribution in [0.3, 0.4) is 0 Å². The third-order valence-electron chi connectivity index (χ3n) is 3.98. The van der Waals surface area contributed by atoms with Gasteiger partial charge in [-0.05, 0) is 18.6 Å². The molecular formula is C17H22N4O4S. The van der Waals surface area contributed by atoms with Crippen LogP contribution in [0.2, 0.25) is 0 Å². The third kappa shape index (κ3) is 3.73. The van der Waals surface area contributed by atoms with Crippen molar-refractivity contribution in [3.05, 3.63) is 30.5 Å². The molecule has 1 atom stereocenters. The van der Waals surface area contributed by atoms with Crippen molar-refractivity contribution in [2.75, 3.05) is 36.8 Å². The number of rotatable bonds is 7. The molecule has 0 amide bonds. The SMILES string of the molecule is CCC1Nc2cnc(S(C)(=O)=O)nc2N1c1cccc(OCCOC)c1. The highest BCUT2D eigenvalue weighted by molar-refractivity contribution is 7.90. The number of nitrogens with one attached hydrogen (secondary N) is 1. The Morgan fingerprint density at radius 3 is 2.81 bits per heavy atom. The summed E-state index contributed by atoms with van der Waals surface area (Å²) in [6.07, 6.45) is 3.35. The molecule has 3 rings (SSSR count). The molecule has 8 nitrogen and oxygen atoms in total. The van der Waals surface area contributed by atoms with Gasteiger partial charge in [0.05, 0.1) is 18.5 Å². The predicted molar refractivity (Wildman–Crippen MR) is 98.8 cm³/mol. The van der Waals surface area contributed by atoms with Crippen LogP contribution in [0.1, 0.15) is 13.3 Å². The standard InChI is InChI=1S/C17H22N4O4S/c1-4-15-19-14-11-18-17(26(3,22)23)20-16(14)21(15)12-6-5-7-13(10-12)25-9-8-24-2/h5-7,10-11,15,19H,4,8-9H2,1-3H3. The normalized spacial score (nSPS) is 16.3. The van der Waals surface area contributed by atoms with E-state index in [1.807, 2.05) is 36.1 Å². The first-order valence-corrected chi connectivity index (χ1v) is 10.2. The minimum absolute atomic E-state index is 0.0525. The number of benzene rings is 1. The van der Waals surface area contributed by atoms with Crippen LogP contribution in [0.5, 0.6) is 5.75 Å². The number of sulfone groups is 1. The van der Waals surface area contributed by atoms with Crippen LogP contribution in [0.25, 0.3) is 0 Å². The maximum atomic E-state index is 11.8. The van der Waals surface area contributed by atoms with Gasteiger partial charge in [-0.2, -0.15) is 4.98 Å². The van der Waals surface area contributed by atoms with E-state index in [1.165, 1.54) is 6.20 Å². The van der Waals surface area contributed by atoms with Crippen LogP contribution in [0.15, 0.2) is 35.6 Å². The van der Waals surface area contributed by atoms with E-state index in [-0.39, 0.29) is 11.3 Å². The van der Waals surface area contributed by atoms with Gasteiger partial charge in [0.25, 0.3) is 0 Å². The summed E-state index contributed by atoms with van der Waals surface area (Å²) >= 11 is 0. The fourth-order valence-electron chi connectivity index (χ4n) is 2.77. The fourth-order valence-corrected chi connectivity index (χ4v) is 3.26. The summed E-state index contributed by atoms with van der Waals surface area (Å²) in [7, 11) is -1.87. The van der Waals surface area contributed by atoms with E-state index in [0.29, 0.717) is 30.5 Å². The first-order chi connectivity index (χ1) is 12.4. The largest absolute Gasteiger partial charge is 0.491 e. The Morgan fingerprint density at radius 2 is 2.12 bits per heavy atom. The molecule has 0 saturated carbocycles. The van der Waals surface area contributed by atoms with E-state index in [4.69, 9.17) is 9.47 Å². The second kappa shape index (κ2) is 7.46. The van der Waals surface area contributed by atoms with Crippen LogP contribution in [0, 0.1) is 0 Å². The van der Waals surface area contributed by atoms with Gasteiger partial charge in [0, 0.05) is 25.1 Å². The lowest BCUT2D eigenvalue weighted by Gasteiger charge is -2.25. The molecule has 9 heteroatoms. The molecule has 1 aromatic carbocycles. The molecule has 0 radical (unpaired) electrons. The number of fused-ring (bicyclic) bond motifs is 1. The molecule has 2 aromatic rings. The molecule has 0 bridgehead atoms. The molecule has 1 N–H and O–H groups in total. The number of methoxy groups -OCH3 is 1. The molecule has 1 aliphatic heterocycles. The summed E-state index contributed by atoms with van der Waals surface area (Å²) in [6.45, 7) is 2.99. The quantitative estimate of drug-likeness (QED) is 0.579. The number of hydrogen-bond donors (Lipinski definition) is 1. The van der Waals surface area contributed by atoms with Crippen LogP contribution in [-0.2, 0) is 14.6 Å². The van der Waals surface area contributed by atoms with Gasteiger partial charge in [-0.25, -0.2) is 13.4 Å². The average molecular weight is 378 g/mol. The molecular weight excluding hydrogens is 356 g/mol. The van der Waals surface area contributed by atoms with Gasteiger partial charge in [-0.3, -0.25) is 0 Å². The number of anilines is 3. The topological polar surface area (TPSA) is 93.7 Å². The highest BCUT2D eigenvalue weighted by Crippen LogP contribution is 2.40. The summed E-state index contributed by atoms with van der Waals surface area (Å²) in [5, 5.41) is 3.14. The molecule has 140 valence electrons. The number of ether oxygens (including phenoxy) is 2. The Labute approximate surface area is 153 Å². The van der Waals surface area contributed by atoms with Crippen molar-refractivity contribution in [2.24, 2.45) is 0 Å². The van der Waals surface area contributed by atoms with Gasteiger partial charge in [-0.1, -0.05) is 13.0 Å². The fraction of sp³-hybridized carbons (Fsp3) is 0.412. The molecule has 0 fully saturated rings. The molecule has 2 heterocycles. The van der Waals surface area contributed by atoms with E-state index in [0.717, 1.165) is 18.4 Å². The van der Waals surface area contributed by atoms with Crippen LogP contribution >= 0.6 is 0 Å². The summed E-state index contributed by atoms with van der Waals surface area (Å²) < 4.78 is 34.3. The number of hydrogen-bond acceptors (Lipinski definition) is 8. The number of nitrogens with zero attached hydrogens (tertiary/aromatic N) is 3. The van der Waals surface area contributed by atoms with Crippen molar-refractivity contribution < 1.29 is 17.9 Å². The average Bonchev–Trinajstić information content (AvgIpc) is 2.99. The van der Waals surface area contributed by atoms with E-state index < -0.39 is 9.84 Å². The zero-order valence-electron chi connectivity index (χ0n) is 15.0. The lowest BCUT2D eigenvalue weighted by molar-refractivity contribution is 0.146. The molecule has 0 aliphatic carbocycles.